The Hall–Kier alpha value is -1.76. The smallest absolute Gasteiger partial charge is 0.0442 e. The lowest BCUT2D eigenvalue weighted by molar-refractivity contribution is 0.590. The molecule has 0 aliphatic heterocycles. The van der Waals surface area contributed by atoms with Crippen molar-refractivity contribution in [1.29, 1.82) is 0 Å². The zero-order chi connectivity index (χ0) is 15.6. The highest BCUT2D eigenvalue weighted by molar-refractivity contribution is 5.67. The van der Waals surface area contributed by atoms with E-state index in [1.807, 2.05) is 0 Å². The number of nitrogens with zero attached hydrogens (tertiary/aromatic N) is 1. The summed E-state index contributed by atoms with van der Waals surface area (Å²) in [5.41, 5.74) is 5.43. The van der Waals surface area contributed by atoms with E-state index in [0.717, 1.165) is 0 Å². The number of rotatable bonds is 3. The maximum Gasteiger partial charge on any atom is 0.0442 e. The zero-order valence-electron chi connectivity index (χ0n) is 14.1. The van der Waals surface area contributed by atoms with E-state index in [0.29, 0.717) is 6.04 Å². The second-order valence-corrected chi connectivity index (χ2v) is 7.05. The van der Waals surface area contributed by atoms with Crippen LogP contribution in [0.2, 0.25) is 0 Å². The van der Waals surface area contributed by atoms with Crippen LogP contribution in [-0.2, 0) is 5.41 Å². The van der Waals surface area contributed by atoms with Gasteiger partial charge in [-0.15, -0.1) is 0 Å². The Bertz CT molecular complexity index is 588. The van der Waals surface area contributed by atoms with Crippen molar-refractivity contribution in [3.63, 3.8) is 0 Å². The topological polar surface area (TPSA) is 3.24 Å². The largest absolute Gasteiger partial charge is 0.339 e. The molecule has 0 aliphatic carbocycles. The summed E-state index contributed by atoms with van der Waals surface area (Å²) in [7, 11) is 0. The van der Waals surface area contributed by atoms with Crippen molar-refractivity contribution in [1.82, 2.24) is 0 Å². The minimum Gasteiger partial charge on any atom is -0.339 e. The minimum atomic E-state index is 0.198. The lowest BCUT2D eigenvalue weighted by atomic mass is 9.87. The standard InChI is InChI=1S/C20H27N/c1-15(2)21(19-10-8-7-9-16(19)3)18-13-11-17(12-14-18)20(4,5)6/h7-15H,1-6H3. The average molecular weight is 281 g/mol. The summed E-state index contributed by atoms with van der Waals surface area (Å²) in [6.07, 6.45) is 0. The van der Waals surface area contributed by atoms with Crippen LogP contribution >= 0.6 is 0 Å². The molecule has 0 aliphatic rings. The third-order valence-corrected chi connectivity index (χ3v) is 3.90. The molecule has 0 bridgehead atoms. The van der Waals surface area contributed by atoms with Gasteiger partial charge in [-0.05, 0) is 55.5 Å². The third-order valence-electron chi connectivity index (χ3n) is 3.90. The van der Waals surface area contributed by atoms with Gasteiger partial charge in [0.25, 0.3) is 0 Å². The van der Waals surface area contributed by atoms with E-state index < -0.39 is 0 Å². The Morgan fingerprint density at radius 2 is 1.43 bits per heavy atom. The van der Waals surface area contributed by atoms with Crippen LogP contribution in [0, 0.1) is 6.92 Å². The van der Waals surface area contributed by atoms with Crippen molar-refractivity contribution >= 4 is 11.4 Å². The fourth-order valence-electron chi connectivity index (χ4n) is 2.67. The molecule has 112 valence electrons. The molecule has 0 aromatic heterocycles. The summed E-state index contributed by atoms with van der Waals surface area (Å²) in [6.45, 7) is 13.4. The molecule has 0 amide bonds. The molecule has 0 radical (unpaired) electrons. The van der Waals surface area contributed by atoms with Gasteiger partial charge in [0.05, 0.1) is 0 Å². The Balaban J connectivity index is 2.43. The molecule has 0 fully saturated rings. The quantitative estimate of drug-likeness (QED) is 0.683. The van der Waals surface area contributed by atoms with Crippen LogP contribution in [0.25, 0.3) is 0 Å². The molecule has 0 spiro atoms. The minimum absolute atomic E-state index is 0.198. The van der Waals surface area contributed by atoms with Crippen molar-refractivity contribution in [3.05, 3.63) is 59.7 Å². The van der Waals surface area contributed by atoms with Gasteiger partial charge >= 0.3 is 0 Å². The van der Waals surface area contributed by atoms with Crippen LogP contribution in [0.3, 0.4) is 0 Å². The lowest BCUT2D eigenvalue weighted by Crippen LogP contribution is -2.26. The van der Waals surface area contributed by atoms with Crippen LogP contribution in [0.4, 0.5) is 11.4 Å². The van der Waals surface area contributed by atoms with Crippen molar-refractivity contribution in [2.45, 2.75) is 53.0 Å². The summed E-state index contributed by atoms with van der Waals surface area (Å²) in [4.78, 5) is 2.40. The molecular weight excluding hydrogens is 254 g/mol. The van der Waals surface area contributed by atoms with Gasteiger partial charge in [0.15, 0.2) is 0 Å². The van der Waals surface area contributed by atoms with Crippen LogP contribution < -0.4 is 4.90 Å². The number of anilines is 2. The molecule has 2 aromatic carbocycles. The predicted octanol–water partition coefficient (Wildman–Crippen LogP) is 5.84. The van der Waals surface area contributed by atoms with Gasteiger partial charge in [-0.1, -0.05) is 51.1 Å². The fourth-order valence-corrected chi connectivity index (χ4v) is 2.67. The molecule has 0 saturated carbocycles. The van der Waals surface area contributed by atoms with Crippen molar-refractivity contribution in [2.75, 3.05) is 4.90 Å². The van der Waals surface area contributed by atoms with E-state index in [9.17, 15) is 0 Å². The Kier molecular flexibility index (Phi) is 4.41. The first-order valence-electron chi connectivity index (χ1n) is 7.76. The third kappa shape index (κ3) is 3.47. The van der Waals surface area contributed by atoms with E-state index in [1.165, 1.54) is 22.5 Å². The zero-order valence-corrected chi connectivity index (χ0v) is 14.1. The van der Waals surface area contributed by atoms with Gasteiger partial charge in [0, 0.05) is 17.4 Å². The first-order chi connectivity index (χ1) is 9.80. The second-order valence-electron chi connectivity index (χ2n) is 7.05. The number of para-hydroxylation sites is 1. The highest BCUT2D eigenvalue weighted by atomic mass is 15.2. The Labute approximate surface area is 129 Å². The maximum atomic E-state index is 2.40. The van der Waals surface area contributed by atoms with E-state index in [2.05, 4.69) is 95.0 Å². The van der Waals surface area contributed by atoms with Gasteiger partial charge in [-0.25, -0.2) is 0 Å². The molecule has 0 unspecified atom stereocenters. The van der Waals surface area contributed by atoms with E-state index in [-0.39, 0.29) is 5.41 Å². The Morgan fingerprint density at radius 1 is 0.857 bits per heavy atom. The van der Waals surface area contributed by atoms with Gasteiger partial charge in [0.2, 0.25) is 0 Å². The SMILES string of the molecule is Cc1ccccc1N(c1ccc(C(C)(C)C)cc1)C(C)C. The van der Waals surface area contributed by atoms with Crippen LogP contribution in [0.1, 0.15) is 45.7 Å². The summed E-state index contributed by atoms with van der Waals surface area (Å²) in [5, 5.41) is 0. The van der Waals surface area contributed by atoms with Gasteiger partial charge in [0.1, 0.15) is 0 Å². The van der Waals surface area contributed by atoms with Crippen molar-refractivity contribution in [3.8, 4) is 0 Å². The molecule has 1 nitrogen and oxygen atoms in total. The van der Waals surface area contributed by atoms with E-state index >= 15 is 0 Å². The molecule has 0 heterocycles. The fraction of sp³-hybridized carbons (Fsp3) is 0.400. The first-order valence-corrected chi connectivity index (χ1v) is 7.76. The predicted molar refractivity (Wildman–Crippen MR) is 93.6 cm³/mol. The summed E-state index contributed by atoms with van der Waals surface area (Å²) in [5.74, 6) is 0. The molecule has 2 aromatic rings. The molecule has 0 atom stereocenters. The van der Waals surface area contributed by atoms with Gasteiger partial charge in [-0.3, -0.25) is 0 Å². The average Bonchev–Trinajstić information content (AvgIpc) is 2.40. The first kappa shape index (κ1) is 15.6. The number of benzene rings is 2. The second kappa shape index (κ2) is 5.93. The molecule has 0 N–H and O–H groups in total. The monoisotopic (exact) mass is 281 g/mol. The number of hydrogen-bond acceptors (Lipinski definition) is 1. The maximum absolute atomic E-state index is 2.40. The lowest BCUT2D eigenvalue weighted by Gasteiger charge is -2.31. The van der Waals surface area contributed by atoms with Crippen molar-refractivity contribution < 1.29 is 0 Å². The molecule has 2 rings (SSSR count). The van der Waals surface area contributed by atoms with Crippen molar-refractivity contribution in [2.24, 2.45) is 0 Å². The van der Waals surface area contributed by atoms with Crippen LogP contribution in [0.5, 0.6) is 0 Å². The van der Waals surface area contributed by atoms with Gasteiger partial charge < -0.3 is 4.90 Å². The van der Waals surface area contributed by atoms with E-state index in [1.54, 1.807) is 0 Å². The highest BCUT2D eigenvalue weighted by Gasteiger charge is 2.17. The normalized spacial score (nSPS) is 11.8. The molecule has 0 saturated heterocycles. The highest BCUT2D eigenvalue weighted by Crippen LogP contribution is 2.32. The molecular formula is C20H27N. The summed E-state index contributed by atoms with van der Waals surface area (Å²) >= 11 is 0. The summed E-state index contributed by atoms with van der Waals surface area (Å²) in [6, 6.07) is 18.0. The summed E-state index contributed by atoms with van der Waals surface area (Å²) < 4.78 is 0. The van der Waals surface area contributed by atoms with E-state index in [4.69, 9.17) is 0 Å². The van der Waals surface area contributed by atoms with Crippen LogP contribution in [0.15, 0.2) is 48.5 Å². The van der Waals surface area contributed by atoms with Crippen LogP contribution in [-0.4, -0.2) is 6.04 Å². The Morgan fingerprint density at radius 3 is 1.90 bits per heavy atom. The molecule has 1 heteroatoms. The molecule has 21 heavy (non-hydrogen) atoms. The van der Waals surface area contributed by atoms with Gasteiger partial charge in [-0.2, -0.15) is 0 Å². The number of aryl methyl sites for hydroxylation is 1. The number of hydrogen-bond donors (Lipinski definition) is 0.